The molecule has 0 aliphatic carbocycles. The Kier molecular flexibility index (Phi) is 5.12. The van der Waals surface area contributed by atoms with Crippen LogP contribution in [0.15, 0.2) is 42.5 Å². The third kappa shape index (κ3) is 3.75. The fourth-order valence-corrected chi connectivity index (χ4v) is 2.25. The molecular weight excluding hydrogens is 286 g/mol. The summed E-state index contributed by atoms with van der Waals surface area (Å²) < 4.78 is 0. The molecule has 4 heteroatoms. The Bertz CT molecular complexity index is 795. The van der Waals surface area contributed by atoms with Crippen molar-refractivity contribution in [3.8, 4) is 12.1 Å². The van der Waals surface area contributed by atoms with Crippen LogP contribution in [0.3, 0.4) is 0 Å². The highest BCUT2D eigenvalue weighted by atomic mass is 16.2. The average molecular weight is 303 g/mol. The zero-order chi connectivity index (χ0) is 16.8. The number of hydrogen-bond acceptors (Lipinski definition) is 3. The molecular formula is C19H17N3O. The van der Waals surface area contributed by atoms with Crippen molar-refractivity contribution in [2.75, 3.05) is 11.4 Å². The van der Waals surface area contributed by atoms with E-state index in [0.29, 0.717) is 17.7 Å². The molecule has 2 aromatic rings. The van der Waals surface area contributed by atoms with Gasteiger partial charge in [0, 0.05) is 17.8 Å². The normalized spacial score (nSPS) is 9.74. The van der Waals surface area contributed by atoms with Gasteiger partial charge in [-0.2, -0.15) is 10.5 Å². The number of benzene rings is 2. The second-order valence-electron chi connectivity index (χ2n) is 5.32. The smallest absolute Gasteiger partial charge is 0.258 e. The largest absolute Gasteiger partial charge is 0.307 e. The Morgan fingerprint density at radius 3 is 2.30 bits per heavy atom. The minimum absolute atomic E-state index is 0.173. The third-order valence-corrected chi connectivity index (χ3v) is 3.76. The summed E-state index contributed by atoms with van der Waals surface area (Å²) in [5, 5.41) is 17.7. The molecule has 0 unspecified atom stereocenters. The van der Waals surface area contributed by atoms with Crippen LogP contribution in [0.5, 0.6) is 0 Å². The molecule has 0 saturated carbocycles. The number of rotatable bonds is 4. The minimum atomic E-state index is -0.173. The summed E-state index contributed by atoms with van der Waals surface area (Å²) in [6.07, 6.45) is 0.259. The van der Waals surface area contributed by atoms with Gasteiger partial charge in [-0.25, -0.2) is 0 Å². The van der Waals surface area contributed by atoms with Gasteiger partial charge in [0.25, 0.3) is 5.91 Å². The summed E-state index contributed by atoms with van der Waals surface area (Å²) in [4.78, 5) is 14.4. The van der Waals surface area contributed by atoms with Crippen LogP contribution in [0.1, 0.15) is 33.5 Å². The molecule has 0 bridgehead atoms. The number of carbonyl (C=O) groups excluding carboxylic acids is 1. The van der Waals surface area contributed by atoms with Crippen LogP contribution >= 0.6 is 0 Å². The minimum Gasteiger partial charge on any atom is -0.307 e. The highest BCUT2D eigenvalue weighted by molar-refractivity contribution is 6.06. The van der Waals surface area contributed by atoms with E-state index in [9.17, 15) is 4.79 Å². The molecule has 1 amide bonds. The third-order valence-electron chi connectivity index (χ3n) is 3.76. The van der Waals surface area contributed by atoms with E-state index in [0.717, 1.165) is 16.8 Å². The molecule has 0 fully saturated rings. The van der Waals surface area contributed by atoms with Crippen molar-refractivity contribution < 1.29 is 4.79 Å². The van der Waals surface area contributed by atoms with E-state index in [2.05, 4.69) is 6.07 Å². The molecule has 2 rings (SSSR count). The van der Waals surface area contributed by atoms with E-state index >= 15 is 0 Å². The lowest BCUT2D eigenvalue weighted by atomic mass is 10.1. The van der Waals surface area contributed by atoms with Crippen molar-refractivity contribution in [3.05, 3.63) is 64.7 Å². The maximum Gasteiger partial charge on any atom is 0.258 e. The van der Waals surface area contributed by atoms with Crippen LogP contribution in [-0.2, 0) is 0 Å². The molecule has 0 heterocycles. The number of hydrogen-bond donors (Lipinski definition) is 0. The highest BCUT2D eigenvalue weighted by Crippen LogP contribution is 2.21. The first-order valence-electron chi connectivity index (χ1n) is 7.33. The summed E-state index contributed by atoms with van der Waals surface area (Å²) in [5.74, 6) is -0.173. The van der Waals surface area contributed by atoms with Crippen molar-refractivity contribution in [2.45, 2.75) is 20.3 Å². The van der Waals surface area contributed by atoms with Gasteiger partial charge in [-0.1, -0.05) is 6.07 Å². The first-order valence-corrected chi connectivity index (χ1v) is 7.33. The van der Waals surface area contributed by atoms with E-state index in [4.69, 9.17) is 10.5 Å². The Balaban J connectivity index is 2.36. The van der Waals surface area contributed by atoms with Gasteiger partial charge in [-0.05, 0) is 61.4 Å². The van der Waals surface area contributed by atoms with E-state index in [1.165, 1.54) is 0 Å². The molecule has 0 radical (unpaired) electrons. The first-order chi connectivity index (χ1) is 11.1. The predicted molar refractivity (Wildman–Crippen MR) is 89.0 cm³/mol. The first kappa shape index (κ1) is 16.3. The lowest BCUT2D eigenvalue weighted by Gasteiger charge is -2.23. The van der Waals surface area contributed by atoms with Gasteiger partial charge in [-0.15, -0.1) is 0 Å². The monoisotopic (exact) mass is 303 g/mol. The van der Waals surface area contributed by atoms with Crippen LogP contribution in [0, 0.1) is 36.5 Å². The van der Waals surface area contributed by atoms with Crippen LogP contribution in [0.2, 0.25) is 0 Å². The molecule has 114 valence electrons. The van der Waals surface area contributed by atoms with Gasteiger partial charge in [0.05, 0.1) is 24.1 Å². The average Bonchev–Trinajstić information content (AvgIpc) is 2.58. The van der Waals surface area contributed by atoms with Gasteiger partial charge < -0.3 is 4.90 Å². The van der Waals surface area contributed by atoms with E-state index in [1.54, 1.807) is 29.2 Å². The second kappa shape index (κ2) is 7.24. The molecule has 0 spiro atoms. The van der Waals surface area contributed by atoms with E-state index in [1.807, 2.05) is 38.1 Å². The number of aryl methyl sites for hydroxylation is 2. The summed E-state index contributed by atoms with van der Waals surface area (Å²) in [5.41, 5.74) is 4.03. The summed E-state index contributed by atoms with van der Waals surface area (Å²) >= 11 is 0. The standard InChI is InChI=1S/C19H17N3O/c1-14-4-9-18(12-15(14)2)22(11-3-10-20)19(23)17-7-5-16(13-21)6-8-17/h4-9,12H,3,11H2,1-2H3. The van der Waals surface area contributed by atoms with Crippen LogP contribution in [0.4, 0.5) is 5.69 Å². The summed E-state index contributed by atoms with van der Waals surface area (Å²) in [6.45, 7) is 4.34. The predicted octanol–water partition coefficient (Wildman–Crippen LogP) is 3.74. The molecule has 23 heavy (non-hydrogen) atoms. The van der Waals surface area contributed by atoms with Crippen molar-refractivity contribution in [1.29, 1.82) is 10.5 Å². The van der Waals surface area contributed by atoms with Gasteiger partial charge in [0.15, 0.2) is 0 Å². The second-order valence-corrected chi connectivity index (χ2v) is 5.32. The lowest BCUT2D eigenvalue weighted by molar-refractivity contribution is 0.0987. The van der Waals surface area contributed by atoms with Gasteiger partial charge in [-0.3, -0.25) is 4.79 Å². The fraction of sp³-hybridized carbons (Fsp3) is 0.211. The molecule has 0 N–H and O–H groups in total. The Labute approximate surface area is 136 Å². The maximum absolute atomic E-state index is 12.8. The zero-order valence-corrected chi connectivity index (χ0v) is 13.2. The zero-order valence-electron chi connectivity index (χ0n) is 13.2. The molecule has 2 aromatic carbocycles. The van der Waals surface area contributed by atoms with Crippen molar-refractivity contribution in [3.63, 3.8) is 0 Å². The van der Waals surface area contributed by atoms with Gasteiger partial charge in [0.1, 0.15) is 0 Å². The molecule has 0 aliphatic heterocycles. The molecule has 4 nitrogen and oxygen atoms in total. The topological polar surface area (TPSA) is 67.9 Å². The quantitative estimate of drug-likeness (QED) is 0.864. The van der Waals surface area contributed by atoms with Crippen molar-refractivity contribution >= 4 is 11.6 Å². The van der Waals surface area contributed by atoms with E-state index in [-0.39, 0.29) is 12.3 Å². The number of amides is 1. The number of nitrogens with zero attached hydrogens (tertiary/aromatic N) is 3. The number of anilines is 1. The van der Waals surface area contributed by atoms with Crippen LogP contribution in [-0.4, -0.2) is 12.5 Å². The number of nitriles is 2. The maximum atomic E-state index is 12.8. The van der Waals surface area contributed by atoms with Crippen molar-refractivity contribution in [2.24, 2.45) is 0 Å². The summed E-state index contributed by atoms with van der Waals surface area (Å²) in [7, 11) is 0. The summed E-state index contributed by atoms with van der Waals surface area (Å²) in [6, 6.07) is 16.4. The van der Waals surface area contributed by atoms with Gasteiger partial charge in [0.2, 0.25) is 0 Å². The van der Waals surface area contributed by atoms with Gasteiger partial charge >= 0.3 is 0 Å². The number of carbonyl (C=O) groups is 1. The van der Waals surface area contributed by atoms with Crippen LogP contribution in [0.25, 0.3) is 0 Å². The Hall–Kier alpha value is -3.11. The molecule has 0 aliphatic rings. The molecule has 0 saturated heterocycles. The highest BCUT2D eigenvalue weighted by Gasteiger charge is 2.18. The Morgan fingerprint density at radius 2 is 1.74 bits per heavy atom. The van der Waals surface area contributed by atoms with Crippen molar-refractivity contribution in [1.82, 2.24) is 0 Å². The molecule has 0 atom stereocenters. The molecule has 0 aromatic heterocycles. The van der Waals surface area contributed by atoms with E-state index < -0.39 is 0 Å². The van der Waals surface area contributed by atoms with Crippen LogP contribution < -0.4 is 4.90 Å². The Morgan fingerprint density at radius 1 is 1.04 bits per heavy atom. The fourth-order valence-electron chi connectivity index (χ4n) is 2.25. The lowest BCUT2D eigenvalue weighted by Crippen LogP contribution is -2.31. The SMILES string of the molecule is Cc1ccc(N(CCC#N)C(=O)c2ccc(C#N)cc2)cc1C.